The summed E-state index contributed by atoms with van der Waals surface area (Å²) in [6, 6.07) is 16.5. The SMILES string of the molecule is Cc1ccccc1-c1csc(C(=O)Nc2cccc(NS(C)(=O)=O)c2)c1. The van der Waals surface area contributed by atoms with E-state index in [-0.39, 0.29) is 5.91 Å². The number of thiophene rings is 1. The van der Waals surface area contributed by atoms with Crippen LogP contribution in [-0.2, 0) is 10.0 Å². The van der Waals surface area contributed by atoms with Gasteiger partial charge in [0.15, 0.2) is 0 Å². The summed E-state index contributed by atoms with van der Waals surface area (Å²) in [6.45, 7) is 2.03. The number of hydrogen-bond acceptors (Lipinski definition) is 4. The van der Waals surface area contributed by atoms with Crippen LogP contribution in [-0.4, -0.2) is 20.6 Å². The van der Waals surface area contributed by atoms with Gasteiger partial charge in [-0.3, -0.25) is 9.52 Å². The van der Waals surface area contributed by atoms with Crippen molar-refractivity contribution in [2.24, 2.45) is 0 Å². The second-order valence-electron chi connectivity index (χ2n) is 5.92. The molecule has 0 saturated carbocycles. The van der Waals surface area contributed by atoms with Gasteiger partial charge in [0.05, 0.1) is 16.8 Å². The third-order valence-electron chi connectivity index (χ3n) is 3.70. The molecule has 1 heterocycles. The zero-order valence-corrected chi connectivity index (χ0v) is 15.9. The molecule has 1 aromatic heterocycles. The summed E-state index contributed by atoms with van der Waals surface area (Å²) in [7, 11) is -3.37. The van der Waals surface area contributed by atoms with Crippen molar-refractivity contribution >= 4 is 38.6 Å². The monoisotopic (exact) mass is 386 g/mol. The first kappa shape index (κ1) is 18.2. The van der Waals surface area contributed by atoms with E-state index in [1.165, 1.54) is 11.3 Å². The fraction of sp³-hybridized carbons (Fsp3) is 0.105. The first-order valence-electron chi connectivity index (χ1n) is 7.85. The largest absolute Gasteiger partial charge is 0.321 e. The van der Waals surface area contributed by atoms with Crippen LogP contribution in [0.1, 0.15) is 15.2 Å². The van der Waals surface area contributed by atoms with Crippen molar-refractivity contribution in [3.63, 3.8) is 0 Å². The van der Waals surface area contributed by atoms with E-state index in [9.17, 15) is 13.2 Å². The number of anilines is 2. The molecule has 134 valence electrons. The maximum absolute atomic E-state index is 12.5. The van der Waals surface area contributed by atoms with Crippen LogP contribution < -0.4 is 10.0 Å². The van der Waals surface area contributed by atoms with E-state index in [1.54, 1.807) is 24.3 Å². The van der Waals surface area contributed by atoms with Crippen molar-refractivity contribution in [3.8, 4) is 11.1 Å². The van der Waals surface area contributed by atoms with Gasteiger partial charge in [-0.15, -0.1) is 11.3 Å². The van der Waals surface area contributed by atoms with E-state index >= 15 is 0 Å². The van der Waals surface area contributed by atoms with Crippen LogP contribution in [0.25, 0.3) is 11.1 Å². The van der Waals surface area contributed by atoms with Gasteiger partial charge in [-0.2, -0.15) is 0 Å². The van der Waals surface area contributed by atoms with Crippen LogP contribution >= 0.6 is 11.3 Å². The molecule has 7 heteroatoms. The summed E-state index contributed by atoms with van der Waals surface area (Å²) >= 11 is 1.37. The smallest absolute Gasteiger partial charge is 0.265 e. The first-order chi connectivity index (χ1) is 12.3. The molecule has 0 bridgehead atoms. The summed E-state index contributed by atoms with van der Waals surface area (Å²) < 4.78 is 25.0. The molecule has 3 aromatic rings. The van der Waals surface area contributed by atoms with Crippen molar-refractivity contribution in [2.75, 3.05) is 16.3 Å². The molecule has 0 spiro atoms. The van der Waals surface area contributed by atoms with E-state index in [2.05, 4.69) is 10.0 Å². The summed E-state index contributed by atoms with van der Waals surface area (Å²) in [5.74, 6) is -0.230. The highest BCUT2D eigenvalue weighted by Gasteiger charge is 2.12. The van der Waals surface area contributed by atoms with E-state index < -0.39 is 10.0 Å². The Hall–Kier alpha value is -2.64. The average Bonchev–Trinajstić information content (AvgIpc) is 3.04. The van der Waals surface area contributed by atoms with E-state index in [0.29, 0.717) is 16.3 Å². The molecule has 0 atom stereocenters. The number of benzene rings is 2. The second kappa shape index (κ2) is 7.31. The van der Waals surface area contributed by atoms with E-state index in [4.69, 9.17) is 0 Å². The van der Waals surface area contributed by atoms with Crippen molar-refractivity contribution in [3.05, 3.63) is 70.4 Å². The second-order valence-corrected chi connectivity index (χ2v) is 8.58. The number of hydrogen-bond donors (Lipinski definition) is 2. The number of amides is 1. The van der Waals surface area contributed by atoms with Gasteiger partial charge in [-0.25, -0.2) is 8.42 Å². The summed E-state index contributed by atoms with van der Waals surface area (Å²) in [5, 5.41) is 4.76. The molecule has 0 fully saturated rings. The van der Waals surface area contributed by atoms with Crippen molar-refractivity contribution in [1.82, 2.24) is 0 Å². The molecule has 5 nitrogen and oxygen atoms in total. The lowest BCUT2D eigenvalue weighted by Crippen LogP contribution is -2.12. The van der Waals surface area contributed by atoms with Crippen molar-refractivity contribution in [1.29, 1.82) is 0 Å². The molecule has 1 amide bonds. The molecule has 0 aliphatic heterocycles. The van der Waals surface area contributed by atoms with Gasteiger partial charge in [0, 0.05) is 5.69 Å². The maximum Gasteiger partial charge on any atom is 0.265 e. The Bertz CT molecular complexity index is 1060. The lowest BCUT2D eigenvalue weighted by Gasteiger charge is -2.07. The molecule has 2 N–H and O–H groups in total. The number of aryl methyl sites for hydroxylation is 1. The van der Waals surface area contributed by atoms with Crippen LogP contribution in [0, 0.1) is 6.92 Å². The molecular weight excluding hydrogens is 368 g/mol. The molecule has 0 aliphatic rings. The highest BCUT2D eigenvalue weighted by molar-refractivity contribution is 7.92. The predicted octanol–water partition coefficient (Wildman–Crippen LogP) is 4.35. The standard InChI is InChI=1S/C19H18N2O3S2/c1-13-6-3-4-9-17(13)14-10-18(25-12-14)19(22)20-15-7-5-8-16(11-15)21-26(2,23)24/h3-12,21H,1-2H3,(H,20,22). The lowest BCUT2D eigenvalue weighted by molar-refractivity contribution is 0.103. The van der Waals surface area contributed by atoms with Gasteiger partial charge < -0.3 is 5.32 Å². The molecule has 0 unspecified atom stereocenters. The van der Waals surface area contributed by atoms with Gasteiger partial charge in [-0.05, 0) is 53.3 Å². The van der Waals surface area contributed by atoms with E-state index in [0.717, 1.165) is 22.9 Å². The Morgan fingerprint density at radius 2 is 1.73 bits per heavy atom. The van der Waals surface area contributed by atoms with Crippen LogP contribution in [0.4, 0.5) is 11.4 Å². The van der Waals surface area contributed by atoms with Crippen LogP contribution in [0.3, 0.4) is 0 Å². The minimum Gasteiger partial charge on any atom is -0.321 e. The first-order valence-corrected chi connectivity index (χ1v) is 10.6. The number of carbonyl (C=O) groups excluding carboxylic acids is 1. The van der Waals surface area contributed by atoms with Gasteiger partial charge in [0.1, 0.15) is 0 Å². The number of rotatable bonds is 5. The Balaban J connectivity index is 1.77. The minimum atomic E-state index is -3.37. The zero-order valence-electron chi connectivity index (χ0n) is 14.3. The van der Waals surface area contributed by atoms with Gasteiger partial charge >= 0.3 is 0 Å². The Morgan fingerprint density at radius 1 is 1.00 bits per heavy atom. The molecular formula is C19H18N2O3S2. The Morgan fingerprint density at radius 3 is 2.46 bits per heavy atom. The normalized spacial score (nSPS) is 11.2. The fourth-order valence-electron chi connectivity index (χ4n) is 2.56. The Kier molecular flexibility index (Phi) is 5.11. The van der Waals surface area contributed by atoms with Gasteiger partial charge in [0.2, 0.25) is 10.0 Å². The number of nitrogens with one attached hydrogen (secondary N) is 2. The summed E-state index contributed by atoms with van der Waals surface area (Å²) in [5.41, 5.74) is 4.18. The van der Waals surface area contributed by atoms with Crippen molar-refractivity contribution < 1.29 is 13.2 Å². The predicted molar refractivity (Wildman–Crippen MR) is 107 cm³/mol. The number of carbonyl (C=O) groups is 1. The molecule has 26 heavy (non-hydrogen) atoms. The van der Waals surface area contributed by atoms with Crippen LogP contribution in [0.15, 0.2) is 60.0 Å². The quantitative estimate of drug-likeness (QED) is 0.685. The van der Waals surface area contributed by atoms with E-state index in [1.807, 2.05) is 42.6 Å². The maximum atomic E-state index is 12.5. The molecule has 0 saturated heterocycles. The fourth-order valence-corrected chi connectivity index (χ4v) is 3.92. The highest BCUT2D eigenvalue weighted by atomic mass is 32.2. The third-order valence-corrected chi connectivity index (χ3v) is 5.24. The van der Waals surface area contributed by atoms with Crippen LogP contribution in [0.5, 0.6) is 0 Å². The summed E-state index contributed by atoms with van der Waals surface area (Å²) in [6.07, 6.45) is 1.08. The van der Waals surface area contributed by atoms with Gasteiger partial charge in [-0.1, -0.05) is 30.3 Å². The molecule has 2 aromatic carbocycles. The average molecular weight is 386 g/mol. The number of sulfonamides is 1. The minimum absolute atomic E-state index is 0.230. The summed E-state index contributed by atoms with van der Waals surface area (Å²) in [4.78, 5) is 13.1. The van der Waals surface area contributed by atoms with Gasteiger partial charge in [0.25, 0.3) is 5.91 Å². The van der Waals surface area contributed by atoms with Crippen LogP contribution in [0.2, 0.25) is 0 Å². The third kappa shape index (κ3) is 4.50. The topological polar surface area (TPSA) is 75.3 Å². The molecule has 3 rings (SSSR count). The van der Waals surface area contributed by atoms with Crippen molar-refractivity contribution in [2.45, 2.75) is 6.92 Å². The zero-order chi connectivity index (χ0) is 18.7. The molecule has 0 radical (unpaired) electrons. The molecule has 0 aliphatic carbocycles. The lowest BCUT2D eigenvalue weighted by atomic mass is 10.0. The highest BCUT2D eigenvalue weighted by Crippen LogP contribution is 2.28. The Labute approximate surface area is 156 Å².